The van der Waals surface area contributed by atoms with Gasteiger partial charge in [0, 0.05) is 11.6 Å². The van der Waals surface area contributed by atoms with Crippen molar-refractivity contribution in [1.29, 1.82) is 0 Å². The molecular formula is C13H21NO. The Morgan fingerprint density at radius 1 is 1.27 bits per heavy atom. The molecule has 0 unspecified atom stereocenters. The normalized spacial score (nSPS) is 12.5. The first-order valence-corrected chi connectivity index (χ1v) is 5.76. The molecule has 0 saturated heterocycles. The molecule has 0 radical (unpaired) electrons. The maximum atomic E-state index is 6.02. The van der Waals surface area contributed by atoms with Crippen LogP contribution in [-0.2, 0) is 0 Å². The Morgan fingerprint density at radius 2 is 2.00 bits per heavy atom. The summed E-state index contributed by atoms with van der Waals surface area (Å²) in [6.45, 7) is 5.03. The van der Waals surface area contributed by atoms with E-state index in [-0.39, 0.29) is 6.04 Å². The van der Waals surface area contributed by atoms with Crippen molar-refractivity contribution in [3.63, 3.8) is 0 Å². The molecule has 1 aromatic rings. The highest BCUT2D eigenvalue weighted by Crippen LogP contribution is 2.25. The maximum Gasteiger partial charge on any atom is 0.124 e. The molecule has 0 aliphatic rings. The molecule has 0 bridgehead atoms. The van der Waals surface area contributed by atoms with Crippen molar-refractivity contribution in [2.45, 2.75) is 39.2 Å². The van der Waals surface area contributed by atoms with Crippen molar-refractivity contribution in [1.82, 2.24) is 0 Å². The Kier molecular flexibility index (Phi) is 5.19. The first-order chi connectivity index (χ1) is 7.29. The highest BCUT2D eigenvalue weighted by Gasteiger charge is 2.09. The Bertz CT molecular complexity index is 286. The minimum Gasteiger partial charge on any atom is -0.493 e. The van der Waals surface area contributed by atoms with Crippen LogP contribution in [0.25, 0.3) is 0 Å². The molecule has 0 aliphatic heterocycles. The van der Waals surface area contributed by atoms with Crippen LogP contribution in [-0.4, -0.2) is 6.61 Å². The van der Waals surface area contributed by atoms with Crippen LogP contribution in [0.4, 0.5) is 0 Å². The van der Waals surface area contributed by atoms with E-state index in [4.69, 9.17) is 10.5 Å². The number of para-hydroxylation sites is 1. The Balaban J connectivity index is 2.68. The standard InChI is InChI=1S/C13H21NO/c1-3-5-10-15-13-9-7-6-8-11(13)12(14)4-2/h6-9,12H,3-5,10,14H2,1-2H3/t12-/m1/s1. The predicted octanol–water partition coefficient (Wildman–Crippen LogP) is 3.28. The van der Waals surface area contributed by atoms with Crippen molar-refractivity contribution in [2.75, 3.05) is 6.61 Å². The van der Waals surface area contributed by atoms with Gasteiger partial charge in [0.25, 0.3) is 0 Å². The lowest BCUT2D eigenvalue weighted by Gasteiger charge is -2.15. The number of unbranched alkanes of at least 4 members (excludes halogenated alkanes) is 1. The molecule has 0 amide bonds. The monoisotopic (exact) mass is 207 g/mol. The van der Waals surface area contributed by atoms with Crippen molar-refractivity contribution >= 4 is 0 Å². The van der Waals surface area contributed by atoms with E-state index < -0.39 is 0 Å². The highest BCUT2D eigenvalue weighted by molar-refractivity contribution is 5.35. The average Bonchev–Trinajstić information content (AvgIpc) is 2.29. The lowest BCUT2D eigenvalue weighted by Crippen LogP contribution is -2.11. The minimum atomic E-state index is 0.0860. The third-order valence-electron chi connectivity index (χ3n) is 2.51. The van der Waals surface area contributed by atoms with E-state index in [0.29, 0.717) is 0 Å². The van der Waals surface area contributed by atoms with Gasteiger partial charge < -0.3 is 10.5 Å². The lowest BCUT2D eigenvalue weighted by atomic mass is 10.0. The van der Waals surface area contributed by atoms with E-state index in [9.17, 15) is 0 Å². The molecule has 0 aliphatic carbocycles. The highest BCUT2D eigenvalue weighted by atomic mass is 16.5. The van der Waals surface area contributed by atoms with Crippen molar-refractivity contribution in [3.8, 4) is 5.75 Å². The second-order valence-corrected chi connectivity index (χ2v) is 3.75. The maximum absolute atomic E-state index is 6.02. The van der Waals surface area contributed by atoms with Crippen LogP contribution in [0.5, 0.6) is 5.75 Å². The van der Waals surface area contributed by atoms with Crippen LogP contribution in [0.15, 0.2) is 24.3 Å². The van der Waals surface area contributed by atoms with Crippen molar-refractivity contribution < 1.29 is 4.74 Å². The summed E-state index contributed by atoms with van der Waals surface area (Å²) in [5.41, 5.74) is 7.14. The molecule has 0 spiro atoms. The number of rotatable bonds is 6. The fourth-order valence-electron chi connectivity index (χ4n) is 1.46. The molecule has 0 heterocycles. The van der Waals surface area contributed by atoms with Crippen molar-refractivity contribution in [2.24, 2.45) is 5.73 Å². The molecule has 84 valence electrons. The third-order valence-corrected chi connectivity index (χ3v) is 2.51. The van der Waals surface area contributed by atoms with Gasteiger partial charge in [-0.15, -0.1) is 0 Å². The van der Waals surface area contributed by atoms with Crippen LogP contribution in [0.1, 0.15) is 44.7 Å². The van der Waals surface area contributed by atoms with Crippen LogP contribution < -0.4 is 10.5 Å². The average molecular weight is 207 g/mol. The topological polar surface area (TPSA) is 35.2 Å². The van der Waals surface area contributed by atoms with Crippen LogP contribution in [0.2, 0.25) is 0 Å². The Labute approximate surface area is 92.4 Å². The second-order valence-electron chi connectivity index (χ2n) is 3.75. The molecule has 2 N–H and O–H groups in total. The Hall–Kier alpha value is -1.02. The van der Waals surface area contributed by atoms with E-state index in [0.717, 1.165) is 37.2 Å². The number of benzene rings is 1. The van der Waals surface area contributed by atoms with Crippen molar-refractivity contribution in [3.05, 3.63) is 29.8 Å². The first kappa shape index (κ1) is 12.1. The molecule has 0 saturated carbocycles. The zero-order valence-electron chi connectivity index (χ0n) is 9.70. The van der Waals surface area contributed by atoms with Gasteiger partial charge in [0.2, 0.25) is 0 Å². The third kappa shape index (κ3) is 3.56. The van der Waals surface area contributed by atoms with Crippen LogP contribution in [0, 0.1) is 0 Å². The second kappa shape index (κ2) is 6.46. The molecule has 0 aromatic heterocycles. The number of nitrogens with two attached hydrogens (primary N) is 1. The molecule has 1 atom stereocenters. The van der Waals surface area contributed by atoms with E-state index in [1.165, 1.54) is 0 Å². The van der Waals surface area contributed by atoms with Gasteiger partial charge in [-0.3, -0.25) is 0 Å². The van der Waals surface area contributed by atoms with Gasteiger partial charge >= 0.3 is 0 Å². The van der Waals surface area contributed by atoms with Gasteiger partial charge in [-0.05, 0) is 18.9 Å². The quantitative estimate of drug-likeness (QED) is 0.726. The summed E-state index contributed by atoms with van der Waals surface area (Å²) in [5, 5.41) is 0. The van der Waals surface area contributed by atoms with Gasteiger partial charge in [0.1, 0.15) is 5.75 Å². The molecule has 2 heteroatoms. The van der Waals surface area contributed by atoms with Gasteiger partial charge in [0.15, 0.2) is 0 Å². The fraction of sp³-hybridized carbons (Fsp3) is 0.538. The smallest absolute Gasteiger partial charge is 0.124 e. The molecule has 1 aromatic carbocycles. The molecule has 15 heavy (non-hydrogen) atoms. The fourth-order valence-corrected chi connectivity index (χ4v) is 1.46. The van der Waals surface area contributed by atoms with Gasteiger partial charge in [-0.2, -0.15) is 0 Å². The number of ether oxygens (including phenoxy) is 1. The molecular weight excluding hydrogens is 186 g/mol. The van der Waals surface area contributed by atoms with E-state index in [1.807, 2.05) is 18.2 Å². The zero-order valence-corrected chi connectivity index (χ0v) is 9.70. The number of hydrogen-bond acceptors (Lipinski definition) is 2. The first-order valence-electron chi connectivity index (χ1n) is 5.76. The van der Waals surface area contributed by atoms with Gasteiger partial charge in [-0.1, -0.05) is 38.5 Å². The van der Waals surface area contributed by atoms with Crippen LogP contribution >= 0.6 is 0 Å². The summed E-state index contributed by atoms with van der Waals surface area (Å²) in [6.07, 6.45) is 3.19. The summed E-state index contributed by atoms with van der Waals surface area (Å²) >= 11 is 0. The summed E-state index contributed by atoms with van der Waals surface area (Å²) in [4.78, 5) is 0. The number of hydrogen-bond donors (Lipinski definition) is 1. The lowest BCUT2D eigenvalue weighted by molar-refractivity contribution is 0.304. The van der Waals surface area contributed by atoms with Gasteiger partial charge in [-0.25, -0.2) is 0 Å². The molecule has 2 nitrogen and oxygen atoms in total. The van der Waals surface area contributed by atoms with E-state index >= 15 is 0 Å². The van der Waals surface area contributed by atoms with Crippen LogP contribution in [0.3, 0.4) is 0 Å². The Morgan fingerprint density at radius 3 is 2.67 bits per heavy atom. The summed E-state index contributed by atoms with van der Waals surface area (Å²) in [7, 11) is 0. The predicted molar refractivity (Wildman–Crippen MR) is 64.1 cm³/mol. The molecule has 0 fully saturated rings. The van der Waals surface area contributed by atoms with E-state index in [2.05, 4.69) is 19.9 Å². The SMILES string of the molecule is CCCCOc1ccccc1[C@H](N)CC. The molecule has 1 rings (SSSR count). The summed E-state index contributed by atoms with van der Waals surface area (Å²) < 4.78 is 5.72. The largest absolute Gasteiger partial charge is 0.493 e. The van der Waals surface area contributed by atoms with Gasteiger partial charge in [0.05, 0.1) is 6.61 Å². The van der Waals surface area contributed by atoms with E-state index in [1.54, 1.807) is 0 Å². The zero-order chi connectivity index (χ0) is 11.1. The minimum absolute atomic E-state index is 0.0860. The summed E-state index contributed by atoms with van der Waals surface area (Å²) in [5.74, 6) is 0.945. The summed E-state index contributed by atoms with van der Waals surface area (Å²) in [6, 6.07) is 8.14.